The lowest BCUT2D eigenvalue weighted by atomic mass is 10.3. The summed E-state index contributed by atoms with van der Waals surface area (Å²) in [5.74, 6) is 1.94. The van der Waals surface area contributed by atoms with Gasteiger partial charge in [0.1, 0.15) is 23.9 Å². The number of hydrogen-bond donors (Lipinski definition) is 1. The Morgan fingerprint density at radius 2 is 1.48 bits per heavy atom. The van der Waals surface area contributed by atoms with E-state index in [-0.39, 0.29) is 5.69 Å². The van der Waals surface area contributed by atoms with Crippen LogP contribution in [0.25, 0.3) is 0 Å². The first-order valence-electron chi connectivity index (χ1n) is 8.25. The predicted octanol–water partition coefficient (Wildman–Crippen LogP) is 5.39. The van der Waals surface area contributed by atoms with Gasteiger partial charge in [-0.2, -0.15) is 0 Å². The summed E-state index contributed by atoms with van der Waals surface area (Å²) in [6.45, 7) is 4.31. The van der Waals surface area contributed by atoms with Gasteiger partial charge in [-0.25, -0.2) is 0 Å². The number of non-ortho nitro benzene ring substituents is 1. The highest BCUT2D eigenvalue weighted by Crippen LogP contribution is 2.25. The third kappa shape index (κ3) is 5.34. The summed E-state index contributed by atoms with van der Waals surface area (Å²) in [7, 11) is 0. The zero-order valence-corrected chi connectivity index (χ0v) is 14.5. The number of anilines is 1. The number of nitrogens with one attached hydrogen (secondary N) is 1. The minimum absolute atomic E-state index is 0.0260. The second-order valence-electron chi connectivity index (χ2n) is 5.71. The van der Waals surface area contributed by atoms with E-state index < -0.39 is 4.92 Å². The molecule has 0 aliphatic rings. The predicted molar refractivity (Wildman–Crippen MR) is 104 cm³/mol. The Kier molecular flexibility index (Phi) is 5.69. The second kappa shape index (κ2) is 8.53. The molecule has 0 atom stereocenters. The summed E-state index contributed by atoms with van der Waals surface area (Å²) in [5, 5.41) is 13.8. The Labute approximate surface area is 156 Å². The van der Waals surface area contributed by atoms with Crippen LogP contribution in [0, 0.1) is 10.1 Å². The molecule has 0 saturated heterocycles. The number of ether oxygens (including phenoxy) is 2. The molecule has 0 aliphatic heterocycles. The van der Waals surface area contributed by atoms with Crippen molar-refractivity contribution < 1.29 is 14.4 Å². The summed E-state index contributed by atoms with van der Waals surface area (Å²) < 4.78 is 11.3. The van der Waals surface area contributed by atoms with Crippen LogP contribution in [0.1, 0.15) is 0 Å². The number of para-hydroxylation sites is 1. The lowest BCUT2D eigenvalue weighted by Crippen LogP contribution is -2.08. The van der Waals surface area contributed by atoms with Crippen LogP contribution >= 0.6 is 0 Å². The van der Waals surface area contributed by atoms with E-state index in [0.717, 1.165) is 17.1 Å². The van der Waals surface area contributed by atoms with E-state index in [4.69, 9.17) is 9.47 Å². The zero-order valence-electron chi connectivity index (χ0n) is 14.5. The van der Waals surface area contributed by atoms with Crippen LogP contribution in [0.3, 0.4) is 0 Å². The number of benzene rings is 3. The standard InChI is InChI=1S/C21H18N2O4/c1-16(15-26-19-5-3-2-4-6-19)22-17-7-11-20(12-8-17)27-21-13-9-18(10-14-21)23(24)25/h2-14,22H,1,15H2. The maximum Gasteiger partial charge on any atom is 0.269 e. The third-order valence-corrected chi connectivity index (χ3v) is 3.61. The van der Waals surface area contributed by atoms with Gasteiger partial charge < -0.3 is 14.8 Å². The van der Waals surface area contributed by atoms with Crippen molar-refractivity contribution in [1.82, 2.24) is 0 Å². The molecule has 0 unspecified atom stereocenters. The summed E-state index contributed by atoms with van der Waals surface area (Å²) in [4.78, 5) is 10.2. The average Bonchev–Trinajstić information content (AvgIpc) is 2.69. The monoisotopic (exact) mass is 362 g/mol. The van der Waals surface area contributed by atoms with E-state index in [0.29, 0.717) is 18.1 Å². The van der Waals surface area contributed by atoms with Crippen LogP contribution in [0.5, 0.6) is 17.2 Å². The molecule has 0 aliphatic carbocycles. The van der Waals surface area contributed by atoms with Gasteiger partial charge in [-0.05, 0) is 48.5 Å². The summed E-state index contributed by atoms with van der Waals surface area (Å²) in [5.41, 5.74) is 1.61. The van der Waals surface area contributed by atoms with Gasteiger partial charge in [0.25, 0.3) is 5.69 Å². The highest BCUT2D eigenvalue weighted by atomic mass is 16.6. The van der Waals surface area contributed by atoms with E-state index in [1.54, 1.807) is 24.3 Å². The largest absolute Gasteiger partial charge is 0.487 e. The molecule has 0 spiro atoms. The molecule has 0 heterocycles. The van der Waals surface area contributed by atoms with Gasteiger partial charge in [0.05, 0.1) is 4.92 Å². The van der Waals surface area contributed by atoms with Crippen LogP contribution in [0.4, 0.5) is 11.4 Å². The first-order valence-corrected chi connectivity index (χ1v) is 8.25. The van der Waals surface area contributed by atoms with Crippen molar-refractivity contribution in [3.8, 4) is 17.2 Å². The van der Waals surface area contributed by atoms with Gasteiger partial charge in [-0.1, -0.05) is 24.8 Å². The fraction of sp³-hybridized carbons (Fsp3) is 0.0476. The number of nitro benzene ring substituents is 1. The van der Waals surface area contributed by atoms with E-state index in [2.05, 4.69) is 11.9 Å². The lowest BCUT2D eigenvalue weighted by Gasteiger charge is -2.12. The molecule has 0 aromatic heterocycles. The molecule has 6 nitrogen and oxygen atoms in total. The number of hydrogen-bond acceptors (Lipinski definition) is 5. The molecule has 6 heteroatoms. The fourth-order valence-corrected chi connectivity index (χ4v) is 2.31. The van der Waals surface area contributed by atoms with Crippen molar-refractivity contribution in [2.24, 2.45) is 0 Å². The van der Waals surface area contributed by atoms with Crippen LogP contribution in [0.2, 0.25) is 0 Å². The van der Waals surface area contributed by atoms with Gasteiger partial charge in [0, 0.05) is 23.5 Å². The normalized spacial score (nSPS) is 10.1. The molecule has 0 amide bonds. The molecular formula is C21H18N2O4. The summed E-state index contributed by atoms with van der Waals surface area (Å²) >= 11 is 0. The van der Waals surface area contributed by atoms with Gasteiger partial charge >= 0.3 is 0 Å². The molecule has 0 bridgehead atoms. The van der Waals surface area contributed by atoms with E-state index >= 15 is 0 Å². The molecule has 0 radical (unpaired) electrons. The number of rotatable bonds is 8. The molecule has 3 aromatic rings. The Morgan fingerprint density at radius 3 is 2.07 bits per heavy atom. The van der Waals surface area contributed by atoms with Crippen LogP contribution in [-0.2, 0) is 0 Å². The summed E-state index contributed by atoms with van der Waals surface area (Å²) in [6, 6.07) is 22.8. The van der Waals surface area contributed by atoms with Crippen molar-refractivity contribution in [2.45, 2.75) is 0 Å². The van der Waals surface area contributed by atoms with Crippen molar-refractivity contribution in [3.63, 3.8) is 0 Å². The Balaban J connectivity index is 1.52. The van der Waals surface area contributed by atoms with Gasteiger partial charge in [-0.15, -0.1) is 0 Å². The molecule has 27 heavy (non-hydrogen) atoms. The van der Waals surface area contributed by atoms with Crippen molar-refractivity contribution in [3.05, 3.63) is 101 Å². The van der Waals surface area contributed by atoms with E-state index in [1.165, 1.54) is 12.1 Å². The molecule has 0 saturated carbocycles. The highest BCUT2D eigenvalue weighted by Gasteiger charge is 2.05. The molecule has 1 N–H and O–H groups in total. The maximum atomic E-state index is 10.7. The number of nitrogens with zero attached hydrogens (tertiary/aromatic N) is 1. The first-order chi connectivity index (χ1) is 13.1. The quantitative estimate of drug-likeness (QED) is 0.429. The maximum absolute atomic E-state index is 10.7. The molecule has 136 valence electrons. The van der Waals surface area contributed by atoms with Crippen molar-refractivity contribution in [2.75, 3.05) is 11.9 Å². The Bertz CT molecular complexity index is 907. The molecular weight excluding hydrogens is 344 g/mol. The zero-order chi connectivity index (χ0) is 19.1. The van der Waals surface area contributed by atoms with E-state index in [1.807, 2.05) is 42.5 Å². The Morgan fingerprint density at radius 1 is 0.889 bits per heavy atom. The molecule has 3 rings (SSSR count). The van der Waals surface area contributed by atoms with Crippen LogP contribution in [0.15, 0.2) is 91.1 Å². The fourth-order valence-electron chi connectivity index (χ4n) is 2.31. The van der Waals surface area contributed by atoms with E-state index in [9.17, 15) is 10.1 Å². The second-order valence-corrected chi connectivity index (χ2v) is 5.71. The highest BCUT2D eigenvalue weighted by molar-refractivity contribution is 5.51. The van der Waals surface area contributed by atoms with Gasteiger partial charge in [-0.3, -0.25) is 10.1 Å². The van der Waals surface area contributed by atoms with Gasteiger partial charge in [0.2, 0.25) is 0 Å². The van der Waals surface area contributed by atoms with Gasteiger partial charge in [0.15, 0.2) is 0 Å². The number of nitro groups is 1. The van der Waals surface area contributed by atoms with Crippen LogP contribution in [-0.4, -0.2) is 11.5 Å². The van der Waals surface area contributed by atoms with Crippen molar-refractivity contribution >= 4 is 11.4 Å². The van der Waals surface area contributed by atoms with Crippen LogP contribution < -0.4 is 14.8 Å². The smallest absolute Gasteiger partial charge is 0.269 e. The average molecular weight is 362 g/mol. The minimum atomic E-state index is -0.446. The molecule has 3 aromatic carbocycles. The molecule has 0 fully saturated rings. The SMILES string of the molecule is C=C(COc1ccccc1)Nc1ccc(Oc2ccc([N+](=O)[O-])cc2)cc1. The third-order valence-electron chi connectivity index (χ3n) is 3.61. The topological polar surface area (TPSA) is 73.6 Å². The Hall–Kier alpha value is -3.80. The minimum Gasteiger partial charge on any atom is -0.487 e. The van der Waals surface area contributed by atoms with Crippen molar-refractivity contribution in [1.29, 1.82) is 0 Å². The summed E-state index contributed by atoms with van der Waals surface area (Å²) in [6.07, 6.45) is 0. The first kappa shape index (κ1) is 18.0. The lowest BCUT2D eigenvalue weighted by molar-refractivity contribution is -0.384.